The van der Waals surface area contributed by atoms with E-state index < -0.39 is 10.0 Å². The van der Waals surface area contributed by atoms with Crippen LogP contribution >= 0.6 is 15.9 Å². The summed E-state index contributed by atoms with van der Waals surface area (Å²) in [7, 11) is 0.199. The molecule has 1 aromatic heterocycles. The first-order valence-electron chi connectivity index (χ1n) is 9.43. The maximum Gasteiger partial charge on any atom is 0.246 e. The van der Waals surface area contributed by atoms with Crippen LogP contribution in [-0.2, 0) is 10.0 Å². The lowest BCUT2D eigenvalue weighted by Crippen LogP contribution is -2.49. The van der Waals surface area contributed by atoms with Crippen molar-refractivity contribution < 1.29 is 13.2 Å². The Morgan fingerprint density at radius 3 is 2.45 bits per heavy atom. The van der Waals surface area contributed by atoms with Gasteiger partial charge in [-0.2, -0.15) is 9.29 Å². The lowest BCUT2D eigenvalue weighted by atomic mass is 10.3. The second-order valence-corrected chi connectivity index (χ2v) is 9.80. The van der Waals surface area contributed by atoms with E-state index in [1.54, 1.807) is 18.2 Å². The van der Waals surface area contributed by atoms with Crippen LogP contribution in [0.15, 0.2) is 33.6 Å². The van der Waals surface area contributed by atoms with Gasteiger partial charge in [-0.05, 0) is 32.0 Å². The molecule has 1 saturated heterocycles. The SMILES string of the molecule is CCOc1ccc(Br)cc1S(=O)(=O)N1CCN(c2nc(C)cc(N(C)C)n2)CC1. The van der Waals surface area contributed by atoms with Crippen LogP contribution < -0.4 is 14.5 Å². The van der Waals surface area contributed by atoms with Crippen LogP contribution in [0, 0.1) is 6.92 Å². The van der Waals surface area contributed by atoms with Crippen molar-refractivity contribution in [3.05, 3.63) is 34.4 Å². The minimum atomic E-state index is -3.67. The van der Waals surface area contributed by atoms with Gasteiger partial charge < -0.3 is 14.5 Å². The molecule has 0 radical (unpaired) electrons. The van der Waals surface area contributed by atoms with Crippen molar-refractivity contribution in [2.75, 3.05) is 56.7 Å². The van der Waals surface area contributed by atoms with Crippen molar-refractivity contribution in [1.82, 2.24) is 14.3 Å². The average Bonchev–Trinajstić information content (AvgIpc) is 2.69. The van der Waals surface area contributed by atoms with Crippen LogP contribution in [0.3, 0.4) is 0 Å². The number of anilines is 2. The van der Waals surface area contributed by atoms with E-state index >= 15 is 0 Å². The summed E-state index contributed by atoms with van der Waals surface area (Å²) in [6.45, 7) is 5.92. The molecule has 158 valence electrons. The quantitative estimate of drug-likeness (QED) is 0.624. The smallest absolute Gasteiger partial charge is 0.246 e. The highest BCUT2D eigenvalue weighted by Gasteiger charge is 2.32. The van der Waals surface area contributed by atoms with E-state index in [0.29, 0.717) is 49.0 Å². The van der Waals surface area contributed by atoms with Crippen molar-refractivity contribution in [2.24, 2.45) is 0 Å². The average molecular weight is 484 g/mol. The van der Waals surface area contributed by atoms with E-state index in [2.05, 4.69) is 25.9 Å². The molecule has 0 spiro atoms. The van der Waals surface area contributed by atoms with Gasteiger partial charge >= 0.3 is 0 Å². The molecule has 1 aliphatic heterocycles. The summed E-state index contributed by atoms with van der Waals surface area (Å²) >= 11 is 3.36. The van der Waals surface area contributed by atoms with Crippen LogP contribution in [0.2, 0.25) is 0 Å². The van der Waals surface area contributed by atoms with Crippen molar-refractivity contribution in [3.8, 4) is 5.75 Å². The second kappa shape index (κ2) is 8.85. The molecule has 1 fully saturated rings. The van der Waals surface area contributed by atoms with Crippen LogP contribution in [-0.4, -0.2) is 69.6 Å². The Bertz CT molecular complexity index is 976. The molecule has 0 saturated carbocycles. The zero-order chi connectivity index (χ0) is 21.2. The van der Waals surface area contributed by atoms with Gasteiger partial charge in [-0.15, -0.1) is 0 Å². The van der Waals surface area contributed by atoms with E-state index in [1.807, 2.05) is 43.8 Å². The minimum absolute atomic E-state index is 0.184. The Morgan fingerprint density at radius 2 is 1.83 bits per heavy atom. The van der Waals surface area contributed by atoms with E-state index in [0.717, 1.165) is 11.5 Å². The molecule has 0 unspecified atom stereocenters. The van der Waals surface area contributed by atoms with Gasteiger partial charge in [-0.1, -0.05) is 15.9 Å². The molecule has 8 nitrogen and oxygen atoms in total. The lowest BCUT2D eigenvalue weighted by molar-refractivity contribution is 0.327. The number of aromatic nitrogens is 2. The second-order valence-electron chi connectivity index (χ2n) is 6.98. The van der Waals surface area contributed by atoms with Gasteiger partial charge in [0.2, 0.25) is 16.0 Å². The van der Waals surface area contributed by atoms with Crippen molar-refractivity contribution in [1.29, 1.82) is 0 Å². The number of ether oxygens (including phenoxy) is 1. The van der Waals surface area contributed by atoms with Gasteiger partial charge in [0.15, 0.2) is 0 Å². The number of hydrogen-bond acceptors (Lipinski definition) is 7. The highest BCUT2D eigenvalue weighted by molar-refractivity contribution is 9.10. The highest BCUT2D eigenvalue weighted by atomic mass is 79.9. The van der Waals surface area contributed by atoms with Crippen LogP contribution in [0.5, 0.6) is 5.75 Å². The number of sulfonamides is 1. The summed E-state index contributed by atoms with van der Waals surface area (Å²) in [6, 6.07) is 6.98. The van der Waals surface area contributed by atoms with Gasteiger partial charge in [0.25, 0.3) is 0 Å². The Labute approximate surface area is 180 Å². The number of benzene rings is 1. The summed E-state index contributed by atoms with van der Waals surface area (Å²) in [4.78, 5) is 13.3. The summed E-state index contributed by atoms with van der Waals surface area (Å²) in [5.74, 6) is 1.83. The van der Waals surface area contributed by atoms with Crippen LogP contribution in [0.1, 0.15) is 12.6 Å². The fourth-order valence-corrected chi connectivity index (χ4v) is 5.22. The Kier molecular flexibility index (Phi) is 6.65. The maximum atomic E-state index is 13.2. The van der Waals surface area contributed by atoms with Crippen molar-refractivity contribution in [3.63, 3.8) is 0 Å². The zero-order valence-electron chi connectivity index (χ0n) is 17.1. The fraction of sp³-hybridized carbons (Fsp3) is 0.474. The van der Waals surface area contributed by atoms with E-state index in [1.165, 1.54) is 4.31 Å². The molecule has 2 aromatic rings. The molecule has 0 amide bonds. The third kappa shape index (κ3) is 4.81. The number of aryl methyl sites for hydroxylation is 1. The normalized spacial score (nSPS) is 15.4. The number of halogens is 1. The maximum absolute atomic E-state index is 13.2. The molecule has 3 rings (SSSR count). The topological polar surface area (TPSA) is 78.9 Å². The van der Waals surface area contributed by atoms with Gasteiger partial charge in [-0.3, -0.25) is 0 Å². The molecule has 1 aromatic carbocycles. The summed E-state index contributed by atoms with van der Waals surface area (Å²) in [6.07, 6.45) is 0. The number of rotatable bonds is 6. The van der Waals surface area contributed by atoms with Crippen molar-refractivity contribution >= 4 is 37.7 Å². The Hall–Kier alpha value is -1.91. The first kappa shape index (κ1) is 21.8. The third-order valence-electron chi connectivity index (χ3n) is 4.63. The Balaban J connectivity index is 1.80. The van der Waals surface area contributed by atoms with E-state index in [9.17, 15) is 8.42 Å². The largest absolute Gasteiger partial charge is 0.492 e. The molecule has 10 heteroatoms. The molecule has 1 aliphatic rings. The summed E-state index contributed by atoms with van der Waals surface area (Å²) in [5.41, 5.74) is 0.879. The van der Waals surface area contributed by atoms with Gasteiger partial charge in [0.05, 0.1) is 6.61 Å². The zero-order valence-corrected chi connectivity index (χ0v) is 19.5. The van der Waals surface area contributed by atoms with Crippen LogP contribution in [0.4, 0.5) is 11.8 Å². The van der Waals surface area contributed by atoms with Crippen LogP contribution in [0.25, 0.3) is 0 Å². The third-order valence-corrected chi connectivity index (χ3v) is 7.05. The summed E-state index contributed by atoms with van der Waals surface area (Å²) in [5, 5.41) is 0. The predicted molar refractivity (Wildman–Crippen MR) is 117 cm³/mol. The molecule has 0 N–H and O–H groups in total. The predicted octanol–water partition coefficient (Wildman–Crippen LogP) is 2.52. The number of piperazine rings is 1. The monoisotopic (exact) mass is 483 g/mol. The highest BCUT2D eigenvalue weighted by Crippen LogP contribution is 2.31. The standard InChI is InChI=1S/C19H26BrN5O3S/c1-5-28-16-7-6-15(20)13-17(16)29(26,27)25-10-8-24(9-11-25)19-21-14(2)12-18(22-19)23(3)4/h6-7,12-13H,5,8-11H2,1-4H3. The number of nitrogens with zero attached hydrogens (tertiary/aromatic N) is 5. The molecule has 29 heavy (non-hydrogen) atoms. The van der Waals surface area contributed by atoms with Gasteiger partial charge in [-0.25, -0.2) is 13.4 Å². The molecule has 0 aliphatic carbocycles. The van der Waals surface area contributed by atoms with E-state index in [4.69, 9.17) is 4.74 Å². The van der Waals surface area contributed by atoms with Gasteiger partial charge in [0, 0.05) is 56.5 Å². The van der Waals surface area contributed by atoms with Crippen molar-refractivity contribution in [2.45, 2.75) is 18.7 Å². The number of hydrogen-bond donors (Lipinski definition) is 0. The Morgan fingerprint density at radius 1 is 1.14 bits per heavy atom. The fourth-order valence-electron chi connectivity index (χ4n) is 3.13. The molecule has 0 atom stereocenters. The molecular weight excluding hydrogens is 458 g/mol. The molecular formula is C19H26BrN5O3S. The summed E-state index contributed by atoms with van der Waals surface area (Å²) < 4.78 is 34.2. The molecule has 2 heterocycles. The molecule has 0 bridgehead atoms. The lowest BCUT2D eigenvalue weighted by Gasteiger charge is -2.34. The first-order chi connectivity index (χ1) is 13.7. The minimum Gasteiger partial charge on any atom is -0.492 e. The van der Waals surface area contributed by atoms with Gasteiger partial charge in [0.1, 0.15) is 16.5 Å². The van der Waals surface area contributed by atoms with E-state index in [-0.39, 0.29) is 4.90 Å². The first-order valence-corrected chi connectivity index (χ1v) is 11.7.